The molecule has 0 fully saturated rings. The first-order valence-electron chi connectivity index (χ1n) is 9.81. The molecule has 0 saturated carbocycles. The highest BCUT2D eigenvalue weighted by Crippen LogP contribution is 2.43. The van der Waals surface area contributed by atoms with E-state index in [9.17, 15) is 4.79 Å². The monoisotopic (exact) mass is 403 g/mol. The van der Waals surface area contributed by atoms with Crippen molar-refractivity contribution >= 4 is 11.7 Å². The van der Waals surface area contributed by atoms with Gasteiger partial charge in [0.25, 0.3) is 0 Å². The standard InChI is InChI=1S/C22H21N5O3/c1-29-14-6-7-15(18(12-14)30-2)20-19-16(4-3-5-17(19)28)24-22-25-21(26-27(20)22)13-8-10-23-11-9-13/h6-12,20H,3-5H2,1-2H3,(H,24,25,26). The van der Waals surface area contributed by atoms with Crippen molar-refractivity contribution in [1.29, 1.82) is 0 Å². The Hall–Kier alpha value is -3.68. The van der Waals surface area contributed by atoms with Crippen molar-refractivity contribution in [1.82, 2.24) is 19.7 Å². The summed E-state index contributed by atoms with van der Waals surface area (Å²) >= 11 is 0. The molecule has 3 heterocycles. The van der Waals surface area contributed by atoms with Crippen LogP contribution in [0.3, 0.4) is 0 Å². The molecule has 1 aliphatic heterocycles. The van der Waals surface area contributed by atoms with Crippen LogP contribution in [0.5, 0.6) is 11.5 Å². The van der Waals surface area contributed by atoms with Gasteiger partial charge in [-0.1, -0.05) is 0 Å². The molecule has 0 bridgehead atoms. The van der Waals surface area contributed by atoms with Gasteiger partial charge in [-0.2, -0.15) is 4.98 Å². The van der Waals surface area contributed by atoms with E-state index in [1.54, 1.807) is 31.3 Å². The molecule has 2 aromatic heterocycles. The highest BCUT2D eigenvalue weighted by molar-refractivity contribution is 5.99. The molecule has 1 atom stereocenters. The Labute approximate surface area is 173 Å². The summed E-state index contributed by atoms with van der Waals surface area (Å²) in [6.45, 7) is 0. The normalized spacial score (nSPS) is 17.8. The molecule has 8 nitrogen and oxygen atoms in total. The molecule has 0 spiro atoms. The van der Waals surface area contributed by atoms with E-state index >= 15 is 0 Å². The van der Waals surface area contributed by atoms with Gasteiger partial charge in [0.15, 0.2) is 11.6 Å². The Morgan fingerprint density at radius 1 is 1.10 bits per heavy atom. The van der Waals surface area contributed by atoms with Crippen LogP contribution in [-0.2, 0) is 4.79 Å². The third-order valence-corrected chi connectivity index (χ3v) is 5.54. The van der Waals surface area contributed by atoms with E-state index in [0.717, 1.165) is 35.2 Å². The number of anilines is 1. The van der Waals surface area contributed by atoms with Gasteiger partial charge in [-0.05, 0) is 37.1 Å². The first-order valence-corrected chi connectivity index (χ1v) is 9.81. The summed E-state index contributed by atoms with van der Waals surface area (Å²) in [6, 6.07) is 8.93. The fourth-order valence-corrected chi connectivity index (χ4v) is 4.11. The molecule has 1 aliphatic carbocycles. The summed E-state index contributed by atoms with van der Waals surface area (Å²) < 4.78 is 12.8. The number of pyridine rings is 1. The van der Waals surface area contributed by atoms with Crippen LogP contribution in [0.15, 0.2) is 54.0 Å². The van der Waals surface area contributed by atoms with Crippen LogP contribution >= 0.6 is 0 Å². The number of benzene rings is 1. The van der Waals surface area contributed by atoms with Gasteiger partial charge in [-0.25, -0.2) is 4.68 Å². The van der Waals surface area contributed by atoms with E-state index in [2.05, 4.69) is 10.3 Å². The number of methoxy groups -OCH3 is 2. The van der Waals surface area contributed by atoms with Gasteiger partial charge in [0, 0.05) is 47.3 Å². The Morgan fingerprint density at radius 3 is 2.70 bits per heavy atom. The van der Waals surface area contributed by atoms with Gasteiger partial charge in [0.2, 0.25) is 5.95 Å². The number of nitrogens with zero attached hydrogens (tertiary/aromatic N) is 4. The average molecular weight is 403 g/mol. The first kappa shape index (κ1) is 18.4. The summed E-state index contributed by atoms with van der Waals surface area (Å²) in [4.78, 5) is 21.8. The van der Waals surface area contributed by atoms with Gasteiger partial charge in [-0.15, -0.1) is 5.10 Å². The maximum atomic E-state index is 13.0. The smallest absolute Gasteiger partial charge is 0.226 e. The summed E-state index contributed by atoms with van der Waals surface area (Å²) in [5.74, 6) is 2.63. The van der Waals surface area contributed by atoms with Gasteiger partial charge < -0.3 is 14.8 Å². The quantitative estimate of drug-likeness (QED) is 0.714. The van der Waals surface area contributed by atoms with Crippen molar-refractivity contribution in [2.45, 2.75) is 25.3 Å². The Morgan fingerprint density at radius 2 is 1.93 bits per heavy atom. The maximum Gasteiger partial charge on any atom is 0.226 e. The van der Waals surface area contributed by atoms with Crippen molar-refractivity contribution in [3.05, 3.63) is 59.6 Å². The molecule has 152 valence electrons. The van der Waals surface area contributed by atoms with Crippen LogP contribution in [0, 0.1) is 0 Å². The molecule has 1 aromatic carbocycles. The van der Waals surface area contributed by atoms with Crippen LogP contribution in [0.1, 0.15) is 30.9 Å². The molecule has 0 amide bonds. The lowest BCUT2D eigenvalue weighted by molar-refractivity contribution is -0.116. The van der Waals surface area contributed by atoms with Crippen LogP contribution in [0.4, 0.5) is 5.95 Å². The zero-order valence-electron chi connectivity index (χ0n) is 16.8. The van der Waals surface area contributed by atoms with E-state index in [4.69, 9.17) is 19.6 Å². The molecule has 0 radical (unpaired) electrons. The molecule has 30 heavy (non-hydrogen) atoms. The summed E-state index contributed by atoms with van der Waals surface area (Å²) in [6.07, 6.45) is 5.56. The second kappa shape index (κ2) is 7.29. The summed E-state index contributed by atoms with van der Waals surface area (Å²) in [5.41, 5.74) is 3.34. The molecule has 1 N–H and O–H groups in total. The summed E-state index contributed by atoms with van der Waals surface area (Å²) in [7, 11) is 3.22. The van der Waals surface area contributed by atoms with Crippen LogP contribution in [0.2, 0.25) is 0 Å². The predicted octanol–water partition coefficient (Wildman–Crippen LogP) is 3.38. The number of fused-ring (bicyclic) bond motifs is 1. The number of carbonyl (C=O) groups excluding carboxylic acids is 1. The number of ketones is 1. The number of aromatic nitrogens is 4. The number of allylic oxidation sites excluding steroid dienone is 2. The van der Waals surface area contributed by atoms with E-state index < -0.39 is 6.04 Å². The predicted molar refractivity (Wildman–Crippen MR) is 110 cm³/mol. The topological polar surface area (TPSA) is 91.2 Å². The van der Waals surface area contributed by atoms with E-state index in [1.807, 2.05) is 30.3 Å². The first-order chi connectivity index (χ1) is 14.7. The molecule has 8 heteroatoms. The van der Waals surface area contributed by atoms with Crippen molar-refractivity contribution in [2.24, 2.45) is 0 Å². The molecule has 0 saturated heterocycles. The lowest BCUT2D eigenvalue weighted by Gasteiger charge is -2.32. The minimum atomic E-state index is -0.423. The molecular formula is C22H21N5O3. The summed E-state index contributed by atoms with van der Waals surface area (Å²) in [5, 5.41) is 8.11. The van der Waals surface area contributed by atoms with Gasteiger partial charge in [0.05, 0.1) is 14.2 Å². The highest BCUT2D eigenvalue weighted by Gasteiger charge is 2.38. The number of carbonyl (C=O) groups is 1. The highest BCUT2D eigenvalue weighted by atomic mass is 16.5. The maximum absolute atomic E-state index is 13.0. The zero-order valence-corrected chi connectivity index (χ0v) is 16.8. The largest absolute Gasteiger partial charge is 0.497 e. The van der Waals surface area contributed by atoms with Crippen molar-refractivity contribution in [3.8, 4) is 22.9 Å². The van der Waals surface area contributed by atoms with Crippen LogP contribution < -0.4 is 14.8 Å². The number of nitrogens with one attached hydrogen (secondary N) is 1. The number of ether oxygens (including phenoxy) is 2. The van der Waals surface area contributed by atoms with Crippen LogP contribution in [-0.4, -0.2) is 39.8 Å². The Kier molecular flexibility index (Phi) is 4.46. The fourth-order valence-electron chi connectivity index (χ4n) is 4.11. The third kappa shape index (κ3) is 2.92. The molecule has 3 aromatic rings. The molecular weight excluding hydrogens is 382 g/mol. The molecule has 1 unspecified atom stereocenters. The van der Waals surface area contributed by atoms with E-state index in [1.165, 1.54) is 0 Å². The van der Waals surface area contributed by atoms with Gasteiger partial charge in [-0.3, -0.25) is 9.78 Å². The van der Waals surface area contributed by atoms with Crippen molar-refractivity contribution < 1.29 is 14.3 Å². The zero-order chi connectivity index (χ0) is 20.7. The Balaban J connectivity index is 1.71. The van der Waals surface area contributed by atoms with Gasteiger partial charge in [0.1, 0.15) is 17.5 Å². The SMILES string of the molecule is COc1ccc(C2C3=C(CCCC3=O)Nc3nc(-c4ccncc4)nn32)c(OC)c1. The average Bonchev–Trinajstić information content (AvgIpc) is 3.22. The number of Topliss-reactive ketones (excluding diaryl/α,β-unsaturated/α-hetero) is 1. The lowest BCUT2D eigenvalue weighted by Crippen LogP contribution is -2.31. The number of hydrogen-bond acceptors (Lipinski definition) is 7. The van der Waals surface area contributed by atoms with E-state index in [0.29, 0.717) is 29.7 Å². The lowest BCUT2D eigenvalue weighted by atomic mass is 9.85. The third-order valence-electron chi connectivity index (χ3n) is 5.54. The number of hydrogen-bond donors (Lipinski definition) is 1. The molecule has 2 aliphatic rings. The van der Waals surface area contributed by atoms with Gasteiger partial charge >= 0.3 is 0 Å². The van der Waals surface area contributed by atoms with Crippen LogP contribution in [0.25, 0.3) is 11.4 Å². The fraction of sp³-hybridized carbons (Fsp3) is 0.273. The minimum Gasteiger partial charge on any atom is -0.497 e. The molecule has 5 rings (SSSR count). The van der Waals surface area contributed by atoms with Crippen molar-refractivity contribution in [3.63, 3.8) is 0 Å². The minimum absolute atomic E-state index is 0.123. The van der Waals surface area contributed by atoms with Crippen molar-refractivity contribution in [2.75, 3.05) is 19.5 Å². The second-order valence-electron chi connectivity index (χ2n) is 7.24. The Bertz CT molecular complexity index is 1150. The second-order valence-corrected chi connectivity index (χ2v) is 7.24. The number of rotatable bonds is 4. The van der Waals surface area contributed by atoms with E-state index in [-0.39, 0.29) is 5.78 Å².